The number of ether oxygens (including phenoxy) is 2. The van der Waals surface area contributed by atoms with Crippen LogP contribution in [0.5, 0.6) is 11.5 Å². The monoisotopic (exact) mass is 344 g/mol. The number of nitrogens with zero attached hydrogens (tertiary/aromatic N) is 3. The second kappa shape index (κ2) is 7.23. The molecule has 0 amide bonds. The van der Waals surface area contributed by atoms with E-state index in [4.69, 9.17) is 21.1 Å². The van der Waals surface area contributed by atoms with Gasteiger partial charge >= 0.3 is 0 Å². The highest BCUT2D eigenvalue weighted by Crippen LogP contribution is 2.36. The maximum atomic E-state index is 6.12. The van der Waals surface area contributed by atoms with E-state index in [1.54, 1.807) is 31.3 Å². The van der Waals surface area contributed by atoms with Crippen LogP contribution < -0.4 is 14.8 Å². The van der Waals surface area contributed by atoms with Crippen molar-refractivity contribution < 1.29 is 9.47 Å². The van der Waals surface area contributed by atoms with Crippen molar-refractivity contribution in [2.75, 3.05) is 19.5 Å². The SMILES string of the molecule is COc1cc(NCc2ccc(-n3cncn3)cc2)c(OC)cc1Cl. The van der Waals surface area contributed by atoms with E-state index in [-0.39, 0.29) is 0 Å². The highest BCUT2D eigenvalue weighted by atomic mass is 35.5. The fraction of sp³-hybridized carbons (Fsp3) is 0.176. The third-order valence-electron chi connectivity index (χ3n) is 3.58. The summed E-state index contributed by atoms with van der Waals surface area (Å²) in [5.74, 6) is 1.27. The highest BCUT2D eigenvalue weighted by Gasteiger charge is 2.09. The van der Waals surface area contributed by atoms with Crippen LogP contribution in [0, 0.1) is 0 Å². The van der Waals surface area contributed by atoms with E-state index in [9.17, 15) is 0 Å². The Kier molecular flexibility index (Phi) is 4.86. The summed E-state index contributed by atoms with van der Waals surface area (Å²) in [7, 11) is 3.19. The minimum absolute atomic E-state index is 0.511. The zero-order valence-electron chi connectivity index (χ0n) is 13.4. The molecule has 0 aliphatic rings. The van der Waals surface area contributed by atoms with Crippen LogP contribution >= 0.6 is 11.6 Å². The Morgan fingerprint density at radius 1 is 1.08 bits per heavy atom. The number of hydrogen-bond donors (Lipinski definition) is 1. The third-order valence-corrected chi connectivity index (χ3v) is 3.87. The fourth-order valence-electron chi connectivity index (χ4n) is 2.30. The Hall–Kier alpha value is -2.73. The molecule has 0 fully saturated rings. The number of anilines is 1. The van der Waals surface area contributed by atoms with Crippen molar-refractivity contribution in [1.82, 2.24) is 14.8 Å². The molecule has 7 heteroatoms. The molecular formula is C17H17ClN4O2. The van der Waals surface area contributed by atoms with Crippen molar-refractivity contribution in [1.29, 1.82) is 0 Å². The van der Waals surface area contributed by atoms with Crippen molar-refractivity contribution in [3.05, 3.63) is 59.6 Å². The summed E-state index contributed by atoms with van der Waals surface area (Å²) in [5, 5.41) is 7.96. The first kappa shape index (κ1) is 16.1. The summed E-state index contributed by atoms with van der Waals surface area (Å²) in [6.45, 7) is 0.638. The number of halogens is 1. The molecular weight excluding hydrogens is 328 g/mol. The maximum Gasteiger partial charge on any atom is 0.143 e. The van der Waals surface area contributed by atoms with Crippen molar-refractivity contribution in [2.24, 2.45) is 0 Å². The quantitative estimate of drug-likeness (QED) is 0.741. The smallest absolute Gasteiger partial charge is 0.143 e. The molecule has 1 N–H and O–H groups in total. The zero-order valence-corrected chi connectivity index (χ0v) is 14.1. The molecule has 0 atom stereocenters. The number of benzene rings is 2. The van der Waals surface area contributed by atoms with Gasteiger partial charge < -0.3 is 14.8 Å². The molecule has 3 aromatic rings. The van der Waals surface area contributed by atoms with Crippen LogP contribution in [0.3, 0.4) is 0 Å². The first-order valence-electron chi connectivity index (χ1n) is 7.30. The van der Waals surface area contributed by atoms with Crippen LogP contribution in [0.25, 0.3) is 5.69 Å². The van der Waals surface area contributed by atoms with Gasteiger partial charge in [0.1, 0.15) is 24.2 Å². The van der Waals surface area contributed by atoms with Gasteiger partial charge in [-0.25, -0.2) is 9.67 Å². The molecule has 0 spiro atoms. The van der Waals surface area contributed by atoms with Crippen LogP contribution in [0.2, 0.25) is 5.02 Å². The minimum Gasteiger partial charge on any atom is -0.495 e. The minimum atomic E-state index is 0.511. The molecule has 0 bridgehead atoms. The van der Waals surface area contributed by atoms with Gasteiger partial charge in [0.15, 0.2) is 0 Å². The average Bonchev–Trinajstić information content (AvgIpc) is 3.15. The van der Waals surface area contributed by atoms with Crippen molar-refractivity contribution in [2.45, 2.75) is 6.54 Å². The zero-order chi connectivity index (χ0) is 16.9. The van der Waals surface area contributed by atoms with Crippen molar-refractivity contribution in [3.63, 3.8) is 0 Å². The van der Waals surface area contributed by atoms with E-state index in [0.717, 1.165) is 16.9 Å². The van der Waals surface area contributed by atoms with E-state index in [1.807, 2.05) is 30.3 Å². The molecule has 0 radical (unpaired) electrons. The molecule has 124 valence electrons. The van der Waals surface area contributed by atoms with Crippen LogP contribution in [-0.2, 0) is 6.54 Å². The van der Waals surface area contributed by atoms with Gasteiger partial charge in [-0.05, 0) is 17.7 Å². The Bertz CT molecular complexity index is 804. The second-order valence-corrected chi connectivity index (χ2v) is 5.45. The molecule has 2 aromatic carbocycles. The molecule has 0 aliphatic carbocycles. The summed E-state index contributed by atoms with van der Waals surface area (Å²) in [4.78, 5) is 3.94. The average molecular weight is 345 g/mol. The van der Waals surface area contributed by atoms with Gasteiger partial charge in [0.05, 0.1) is 30.6 Å². The second-order valence-electron chi connectivity index (χ2n) is 5.05. The van der Waals surface area contributed by atoms with E-state index in [1.165, 1.54) is 6.33 Å². The lowest BCUT2D eigenvalue weighted by atomic mass is 10.2. The predicted octanol–water partition coefficient (Wildman–Crippen LogP) is 3.55. The lowest BCUT2D eigenvalue weighted by Gasteiger charge is -2.14. The van der Waals surface area contributed by atoms with Gasteiger partial charge in [-0.3, -0.25) is 0 Å². The third kappa shape index (κ3) is 3.44. The normalized spacial score (nSPS) is 10.5. The molecule has 3 rings (SSSR count). The summed E-state index contributed by atoms with van der Waals surface area (Å²) < 4.78 is 12.3. The lowest BCUT2D eigenvalue weighted by molar-refractivity contribution is 0.404. The number of methoxy groups -OCH3 is 2. The Morgan fingerprint density at radius 3 is 2.46 bits per heavy atom. The van der Waals surface area contributed by atoms with Crippen LogP contribution in [0.1, 0.15) is 5.56 Å². The van der Waals surface area contributed by atoms with Gasteiger partial charge in [0.25, 0.3) is 0 Å². The summed E-state index contributed by atoms with van der Waals surface area (Å²) >= 11 is 6.12. The van der Waals surface area contributed by atoms with Gasteiger partial charge in [-0.1, -0.05) is 23.7 Å². The summed E-state index contributed by atoms with van der Waals surface area (Å²) in [5.41, 5.74) is 2.90. The number of rotatable bonds is 6. The number of nitrogens with one attached hydrogen (secondary N) is 1. The number of hydrogen-bond acceptors (Lipinski definition) is 5. The molecule has 0 aliphatic heterocycles. The van der Waals surface area contributed by atoms with Crippen LogP contribution in [0.4, 0.5) is 5.69 Å². The van der Waals surface area contributed by atoms with Crippen LogP contribution in [-0.4, -0.2) is 29.0 Å². The molecule has 0 unspecified atom stereocenters. The molecule has 6 nitrogen and oxygen atoms in total. The van der Waals surface area contributed by atoms with Gasteiger partial charge in [-0.2, -0.15) is 5.10 Å². The Labute approximate surface area is 145 Å². The summed E-state index contributed by atoms with van der Waals surface area (Å²) in [6, 6.07) is 11.6. The standard InChI is InChI=1S/C17H17ClN4O2/c1-23-16-8-15(17(24-2)7-14(16)18)20-9-12-3-5-13(6-4-12)22-11-19-10-21-22/h3-8,10-11,20H,9H2,1-2H3. The van der Waals surface area contributed by atoms with E-state index >= 15 is 0 Å². The van der Waals surface area contributed by atoms with Gasteiger partial charge in [-0.15, -0.1) is 0 Å². The fourth-order valence-corrected chi connectivity index (χ4v) is 2.53. The first-order chi connectivity index (χ1) is 11.7. The molecule has 0 saturated carbocycles. The van der Waals surface area contributed by atoms with E-state index in [0.29, 0.717) is 23.1 Å². The van der Waals surface area contributed by atoms with Crippen molar-refractivity contribution >= 4 is 17.3 Å². The van der Waals surface area contributed by atoms with Crippen LogP contribution in [0.15, 0.2) is 49.1 Å². The summed E-state index contributed by atoms with van der Waals surface area (Å²) in [6.07, 6.45) is 3.17. The Morgan fingerprint density at radius 2 is 1.83 bits per heavy atom. The van der Waals surface area contributed by atoms with E-state index < -0.39 is 0 Å². The van der Waals surface area contributed by atoms with Gasteiger partial charge in [0, 0.05) is 18.7 Å². The molecule has 0 saturated heterocycles. The topological polar surface area (TPSA) is 61.2 Å². The largest absolute Gasteiger partial charge is 0.495 e. The van der Waals surface area contributed by atoms with Crippen molar-refractivity contribution in [3.8, 4) is 17.2 Å². The van der Waals surface area contributed by atoms with Gasteiger partial charge in [0.2, 0.25) is 0 Å². The maximum absolute atomic E-state index is 6.12. The Balaban J connectivity index is 1.73. The number of aromatic nitrogens is 3. The molecule has 24 heavy (non-hydrogen) atoms. The molecule has 1 heterocycles. The molecule has 1 aromatic heterocycles. The first-order valence-corrected chi connectivity index (χ1v) is 7.68. The lowest BCUT2D eigenvalue weighted by Crippen LogP contribution is -2.03. The van der Waals surface area contributed by atoms with E-state index in [2.05, 4.69) is 15.4 Å². The highest BCUT2D eigenvalue weighted by molar-refractivity contribution is 6.32. The predicted molar refractivity (Wildman–Crippen MR) is 93.2 cm³/mol.